The fourth-order valence-corrected chi connectivity index (χ4v) is 4.58. The molecule has 1 aliphatic rings. The van der Waals surface area contributed by atoms with E-state index in [1.54, 1.807) is 4.90 Å². The second-order valence-corrected chi connectivity index (χ2v) is 10.1. The first-order chi connectivity index (χ1) is 15.2. The average molecular weight is 460 g/mol. The molecule has 1 aliphatic heterocycles. The maximum Gasteiger partial charge on any atom is 0.242 e. The number of amides is 2. The van der Waals surface area contributed by atoms with Gasteiger partial charge < -0.3 is 15.0 Å². The summed E-state index contributed by atoms with van der Waals surface area (Å²) in [6, 6.07) is 12.1. The number of carbonyl (C=O) groups excluding carboxylic acids is 2. The molecule has 0 aromatic heterocycles. The minimum Gasteiger partial charge on any atom is -0.495 e. The summed E-state index contributed by atoms with van der Waals surface area (Å²) in [5.41, 5.74) is 2.22. The van der Waals surface area contributed by atoms with Crippen molar-refractivity contribution in [1.29, 1.82) is 0 Å². The quantitative estimate of drug-likeness (QED) is 0.655. The van der Waals surface area contributed by atoms with Crippen LogP contribution >= 0.6 is 0 Å². The number of benzene rings is 2. The van der Waals surface area contributed by atoms with E-state index in [1.165, 1.54) is 45.0 Å². The van der Waals surface area contributed by atoms with Crippen LogP contribution < -0.4 is 15.0 Å². The molecule has 3 rings (SSSR count). The smallest absolute Gasteiger partial charge is 0.242 e. The molecular formula is C23H29N3O5S. The van der Waals surface area contributed by atoms with Gasteiger partial charge in [-0.2, -0.15) is 0 Å². The Morgan fingerprint density at radius 2 is 1.88 bits per heavy atom. The summed E-state index contributed by atoms with van der Waals surface area (Å²) in [4.78, 5) is 27.2. The van der Waals surface area contributed by atoms with Gasteiger partial charge in [-0.05, 0) is 42.3 Å². The molecule has 0 saturated carbocycles. The minimum atomic E-state index is -3.68. The van der Waals surface area contributed by atoms with Crippen LogP contribution in [0.2, 0.25) is 0 Å². The Morgan fingerprint density at radius 3 is 2.47 bits per heavy atom. The molecule has 8 nitrogen and oxygen atoms in total. The Morgan fingerprint density at radius 1 is 1.19 bits per heavy atom. The molecule has 1 fully saturated rings. The standard InChI is InChI=1S/C23H29N3O5S/c1-5-6-16-7-9-18(10-8-16)26-15-17(13-22(26)27)23(28)24-20-14-19(11-12-21(20)31-4)32(29,30)25(2)3/h7-12,14,17H,5-6,13,15H2,1-4H3,(H,24,28). The highest BCUT2D eigenvalue weighted by molar-refractivity contribution is 7.89. The molecule has 2 amide bonds. The van der Waals surface area contributed by atoms with Crippen LogP contribution in [-0.2, 0) is 26.0 Å². The Kier molecular flexibility index (Phi) is 7.20. The third-order valence-electron chi connectivity index (χ3n) is 5.49. The minimum absolute atomic E-state index is 0.0369. The van der Waals surface area contributed by atoms with Gasteiger partial charge in [-0.3, -0.25) is 9.59 Å². The Bertz CT molecular complexity index is 1100. The number of hydrogen-bond donors (Lipinski definition) is 1. The van der Waals surface area contributed by atoms with E-state index in [0.717, 1.165) is 22.8 Å². The second kappa shape index (κ2) is 9.70. The van der Waals surface area contributed by atoms with E-state index in [9.17, 15) is 18.0 Å². The lowest BCUT2D eigenvalue weighted by Gasteiger charge is -2.18. The first-order valence-electron chi connectivity index (χ1n) is 10.5. The van der Waals surface area contributed by atoms with E-state index in [4.69, 9.17) is 4.74 Å². The van der Waals surface area contributed by atoms with Crippen LogP contribution in [0, 0.1) is 5.92 Å². The summed E-state index contributed by atoms with van der Waals surface area (Å²) < 4.78 is 31.3. The van der Waals surface area contributed by atoms with Gasteiger partial charge in [0, 0.05) is 32.7 Å². The van der Waals surface area contributed by atoms with Crippen molar-refractivity contribution in [2.75, 3.05) is 38.0 Å². The number of hydrogen-bond acceptors (Lipinski definition) is 5. The van der Waals surface area contributed by atoms with Crippen LogP contribution in [0.5, 0.6) is 5.75 Å². The number of sulfonamides is 1. The van der Waals surface area contributed by atoms with Gasteiger partial charge in [0.05, 0.1) is 23.6 Å². The number of anilines is 2. The van der Waals surface area contributed by atoms with E-state index >= 15 is 0 Å². The van der Waals surface area contributed by atoms with Crippen LogP contribution in [0.4, 0.5) is 11.4 Å². The average Bonchev–Trinajstić information content (AvgIpc) is 3.16. The number of carbonyl (C=O) groups is 2. The molecule has 1 saturated heterocycles. The zero-order chi connectivity index (χ0) is 23.5. The van der Waals surface area contributed by atoms with Crippen molar-refractivity contribution in [1.82, 2.24) is 4.31 Å². The third kappa shape index (κ3) is 4.94. The molecule has 1 N–H and O–H groups in total. The normalized spacial score (nSPS) is 16.5. The summed E-state index contributed by atoms with van der Waals surface area (Å²) in [6.45, 7) is 2.37. The van der Waals surface area contributed by atoms with Crippen molar-refractivity contribution in [2.45, 2.75) is 31.1 Å². The van der Waals surface area contributed by atoms with Crippen molar-refractivity contribution in [3.63, 3.8) is 0 Å². The van der Waals surface area contributed by atoms with Crippen molar-refractivity contribution >= 4 is 33.2 Å². The number of ether oxygens (including phenoxy) is 1. The van der Waals surface area contributed by atoms with E-state index in [0.29, 0.717) is 5.75 Å². The Hall–Kier alpha value is -2.91. The molecule has 1 unspecified atom stereocenters. The van der Waals surface area contributed by atoms with Crippen molar-refractivity contribution < 1.29 is 22.7 Å². The summed E-state index contributed by atoms with van der Waals surface area (Å²) in [7, 11) is 0.634. The first kappa shape index (κ1) is 23.7. The van der Waals surface area contributed by atoms with Crippen LogP contribution in [0.1, 0.15) is 25.3 Å². The molecule has 172 valence electrons. The van der Waals surface area contributed by atoms with Gasteiger partial charge in [0.1, 0.15) is 5.75 Å². The summed E-state index contributed by atoms with van der Waals surface area (Å²) in [5.74, 6) is -0.703. The molecule has 9 heteroatoms. The van der Waals surface area contributed by atoms with Crippen LogP contribution in [0.25, 0.3) is 0 Å². The van der Waals surface area contributed by atoms with Gasteiger partial charge in [0.25, 0.3) is 0 Å². The summed E-state index contributed by atoms with van der Waals surface area (Å²) in [6.07, 6.45) is 2.11. The lowest BCUT2D eigenvalue weighted by atomic mass is 10.1. The number of nitrogens with one attached hydrogen (secondary N) is 1. The molecule has 1 atom stereocenters. The first-order valence-corrected chi connectivity index (χ1v) is 11.9. The predicted octanol–water partition coefficient (Wildman–Crippen LogP) is 2.89. The topological polar surface area (TPSA) is 96.0 Å². The largest absolute Gasteiger partial charge is 0.495 e. The van der Waals surface area contributed by atoms with Crippen LogP contribution in [0.15, 0.2) is 47.4 Å². The summed E-state index contributed by atoms with van der Waals surface area (Å²) in [5, 5.41) is 2.75. The van der Waals surface area contributed by atoms with Gasteiger partial charge in [-0.1, -0.05) is 25.5 Å². The highest BCUT2D eigenvalue weighted by Gasteiger charge is 2.35. The predicted molar refractivity (Wildman–Crippen MR) is 123 cm³/mol. The van der Waals surface area contributed by atoms with Crippen molar-refractivity contribution in [2.24, 2.45) is 5.92 Å². The number of nitrogens with zero attached hydrogens (tertiary/aromatic N) is 2. The van der Waals surface area contributed by atoms with Crippen molar-refractivity contribution in [3.05, 3.63) is 48.0 Å². The highest BCUT2D eigenvalue weighted by Crippen LogP contribution is 2.31. The molecule has 0 radical (unpaired) electrons. The number of methoxy groups -OCH3 is 1. The maximum atomic E-state index is 12.9. The fourth-order valence-electron chi connectivity index (χ4n) is 3.65. The van der Waals surface area contributed by atoms with Gasteiger partial charge in [-0.25, -0.2) is 12.7 Å². The maximum absolute atomic E-state index is 12.9. The molecule has 2 aromatic rings. The lowest BCUT2D eigenvalue weighted by molar-refractivity contribution is -0.122. The van der Waals surface area contributed by atoms with E-state index in [2.05, 4.69) is 12.2 Å². The molecule has 0 bridgehead atoms. The Labute approximate surface area is 189 Å². The van der Waals surface area contributed by atoms with E-state index in [-0.39, 0.29) is 35.4 Å². The van der Waals surface area contributed by atoms with Gasteiger partial charge in [0.2, 0.25) is 21.8 Å². The fraction of sp³-hybridized carbons (Fsp3) is 0.391. The Balaban J connectivity index is 1.77. The zero-order valence-corrected chi connectivity index (χ0v) is 19.6. The van der Waals surface area contributed by atoms with E-state index in [1.807, 2.05) is 24.3 Å². The number of aryl methyl sites for hydroxylation is 1. The third-order valence-corrected chi connectivity index (χ3v) is 7.30. The van der Waals surface area contributed by atoms with Gasteiger partial charge >= 0.3 is 0 Å². The SMILES string of the molecule is CCCc1ccc(N2CC(C(=O)Nc3cc(S(=O)(=O)N(C)C)ccc3OC)CC2=O)cc1. The summed E-state index contributed by atoms with van der Waals surface area (Å²) >= 11 is 0. The molecule has 1 heterocycles. The molecule has 32 heavy (non-hydrogen) atoms. The van der Waals surface area contributed by atoms with Gasteiger partial charge in [0.15, 0.2) is 0 Å². The van der Waals surface area contributed by atoms with Crippen LogP contribution in [-0.4, -0.2) is 52.3 Å². The number of rotatable bonds is 8. The van der Waals surface area contributed by atoms with E-state index < -0.39 is 15.9 Å². The monoisotopic (exact) mass is 459 g/mol. The van der Waals surface area contributed by atoms with Crippen LogP contribution in [0.3, 0.4) is 0 Å². The molecule has 2 aromatic carbocycles. The van der Waals surface area contributed by atoms with Gasteiger partial charge in [-0.15, -0.1) is 0 Å². The highest BCUT2D eigenvalue weighted by atomic mass is 32.2. The lowest BCUT2D eigenvalue weighted by Crippen LogP contribution is -2.28. The molecule has 0 spiro atoms. The molecule has 0 aliphatic carbocycles. The molecular weight excluding hydrogens is 430 g/mol. The second-order valence-electron chi connectivity index (χ2n) is 7.96. The van der Waals surface area contributed by atoms with Crippen molar-refractivity contribution in [3.8, 4) is 5.75 Å². The zero-order valence-electron chi connectivity index (χ0n) is 18.8.